The summed E-state index contributed by atoms with van der Waals surface area (Å²) in [6, 6.07) is 0. The molecule has 130 valence electrons. The van der Waals surface area contributed by atoms with Crippen LogP contribution in [0.25, 0.3) is 0 Å². The van der Waals surface area contributed by atoms with Gasteiger partial charge in [0.1, 0.15) is 5.84 Å². The summed E-state index contributed by atoms with van der Waals surface area (Å²) in [4.78, 5) is 0. The van der Waals surface area contributed by atoms with Gasteiger partial charge in [0.2, 0.25) is 0 Å². The summed E-state index contributed by atoms with van der Waals surface area (Å²) in [5, 5.41) is 4.36. The van der Waals surface area contributed by atoms with E-state index in [1.54, 1.807) is 5.57 Å². The molecule has 1 aliphatic carbocycles. The molecule has 2 unspecified atom stereocenters. The van der Waals surface area contributed by atoms with E-state index in [1.165, 1.54) is 16.8 Å². The van der Waals surface area contributed by atoms with Gasteiger partial charge in [-0.3, -0.25) is 5.43 Å². The Labute approximate surface area is 142 Å². The molecule has 0 aromatic rings. The number of hydrazone groups is 1. The maximum Gasteiger partial charge on any atom is 0.124 e. The third-order valence-corrected chi connectivity index (χ3v) is 5.37. The van der Waals surface area contributed by atoms with E-state index in [4.69, 9.17) is 5.73 Å². The van der Waals surface area contributed by atoms with E-state index in [2.05, 4.69) is 65.9 Å². The molecule has 2 atom stereocenters. The van der Waals surface area contributed by atoms with E-state index < -0.39 is 0 Å². The summed E-state index contributed by atoms with van der Waals surface area (Å²) in [5.41, 5.74) is 15.3. The van der Waals surface area contributed by atoms with Crippen LogP contribution in [0.3, 0.4) is 0 Å². The monoisotopic (exact) mass is 317 g/mol. The van der Waals surface area contributed by atoms with Crippen molar-refractivity contribution < 1.29 is 0 Å². The second-order valence-electron chi connectivity index (χ2n) is 8.51. The highest BCUT2D eigenvalue weighted by atomic mass is 15.3. The molecule has 1 aliphatic heterocycles. The van der Waals surface area contributed by atoms with Gasteiger partial charge < -0.3 is 5.73 Å². The molecule has 3 N–H and O–H groups in total. The third kappa shape index (κ3) is 3.20. The van der Waals surface area contributed by atoms with Crippen molar-refractivity contribution in [2.75, 3.05) is 0 Å². The molecule has 23 heavy (non-hydrogen) atoms. The van der Waals surface area contributed by atoms with Crippen LogP contribution in [-0.4, -0.2) is 5.84 Å². The fourth-order valence-corrected chi connectivity index (χ4v) is 4.68. The van der Waals surface area contributed by atoms with E-state index in [0.717, 1.165) is 6.42 Å². The van der Waals surface area contributed by atoms with Gasteiger partial charge in [0.15, 0.2) is 0 Å². The van der Waals surface area contributed by atoms with Crippen LogP contribution in [0.1, 0.15) is 61.8 Å². The van der Waals surface area contributed by atoms with Crippen molar-refractivity contribution in [3.63, 3.8) is 0 Å². The number of nitrogens with zero attached hydrogens (tertiary/aromatic N) is 1. The van der Waals surface area contributed by atoms with Gasteiger partial charge in [-0.05, 0) is 46.7 Å². The summed E-state index contributed by atoms with van der Waals surface area (Å²) in [6.45, 7) is 18.7. The predicted molar refractivity (Wildman–Crippen MR) is 99.8 cm³/mol. The van der Waals surface area contributed by atoms with E-state index in [-0.39, 0.29) is 0 Å². The molecule has 0 bridgehead atoms. The van der Waals surface area contributed by atoms with Gasteiger partial charge in [-0.1, -0.05) is 61.0 Å². The molecule has 0 radical (unpaired) electrons. The van der Waals surface area contributed by atoms with Crippen molar-refractivity contribution >= 4 is 5.84 Å². The predicted octanol–water partition coefficient (Wildman–Crippen LogP) is 4.67. The van der Waals surface area contributed by atoms with Crippen LogP contribution in [0.5, 0.6) is 0 Å². The molecule has 0 spiro atoms. The maximum atomic E-state index is 6.08. The molecule has 3 heteroatoms. The molecule has 3 nitrogen and oxygen atoms in total. The van der Waals surface area contributed by atoms with Crippen LogP contribution < -0.4 is 11.2 Å². The topological polar surface area (TPSA) is 50.4 Å². The third-order valence-electron chi connectivity index (χ3n) is 5.37. The van der Waals surface area contributed by atoms with Gasteiger partial charge in [-0.2, -0.15) is 5.10 Å². The first kappa shape index (κ1) is 18.1. The molecule has 0 aromatic heterocycles. The molecule has 0 amide bonds. The number of nitrogens with one attached hydrogen (secondary N) is 1. The quantitative estimate of drug-likeness (QED) is 0.791. The largest absolute Gasteiger partial charge is 0.385 e. The first-order valence-electron chi connectivity index (χ1n) is 9.22. The highest BCUT2D eigenvalue weighted by Crippen LogP contribution is 2.50. The Hall–Kier alpha value is -1.25. The minimum Gasteiger partial charge on any atom is -0.385 e. The molecular weight excluding hydrogens is 282 g/mol. The van der Waals surface area contributed by atoms with Gasteiger partial charge in [-0.25, -0.2) is 0 Å². The van der Waals surface area contributed by atoms with E-state index in [9.17, 15) is 0 Å². The molecule has 2 rings (SSSR count). The standard InChI is InChI=1S/C20H35N3/c1-10(2)16-14-9-15(21)22-23-20(14)19(13(7)8)18(12(5)6)17(16)11(3)4/h10-13,16-17,23H,9H2,1-8H3,(H2,21,22). The lowest BCUT2D eigenvalue weighted by Crippen LogP contribution is -2.41. The minimum absolute atomic E-state index is 0.494. The number of amidine groups is 1. The van der Waals surface area contributed by atoms with Crippen molar-refractivity contribution in [2.45, 2.75) is 61.8 Å². The number of rotatable bonds is 4. The normalized spacial score (nSPS) is 25.5. The Bertz CT molecular complexity index is 547. The van der Waals surface area contributed by atoms with Crippen molar-refractivity contribution in [3.8, 4) is 0 Å². The van der Waals surface area contributed by atoms with E-state index in [1.807, 2.05) is 0 Å². The van der Waals surface area contributed by atoms with Crippen LogP contribution >= 0.6 is 0 Å². The minimum atomic E-state index is 0.494. The zero-order chi connectivity index (χ0) is 17.5. The maximum absolute atomic E-state index is 6.08. The number of hydrogen-bond acceptors (Lipinski definition) is 3. The molecule has 1 heterocycles. The molecule has 2 aliphatic rings. The van der Waals surface area contributed by atoms with Gasteiger partial charge in [0.05, 0.1) is 5.70 Å². The fraction of sp³-hybridized carbons (Fsp3) is 0.750. The SMILES string of the molecule is CC(C)C1=C(C(C)C)C(C(C)C)C(C(C)C)C2=C1NN=C(N)C2. The van der Waals surface area contributed by atoms with Crippen molar-refractivity contribution in [2.24, 2.45) is 46.3 Å². The van der Waals surface area contributed by atoms with Crippen LogP contribution in [0.4, 0.5) is 0 Å². The Morgan fingerprint density at radius 3 is 1.91 bits per heavy atom. The molecular formula is C20H35N3. The molecule has 0 saturated carbocycles. The lowest BCUT2D eigenvalue weighted by Gasteiger charge is -2.46. The Morgan fingerprint density at radius 1 is 0.913 bits per heavy atom. The Morgan fingerprint density at radius 2 is 1.48 bits per heavy atom. The first-order valence-corrected chi connectivity index (χ1v) is 9.22. The van der Waals surface area contributed by atoms with Crippen molar-refractivity contribution in [1.29, 1.82) is 0 Å². The van der Waals surface area contributed by atoms with Crippen LogP contribution in [0, 0.1) is 35.5 Å². The average Bonchev–Trinajstić information content (AvgIpc) is 2.43. The zero-order valence-electron chi connectivity index (χ0n) is 16.2. The first-order chi connectivity index (χ1) is 10.7. The van der Waals surface area contributed by atoms with Gasteiger partial charge in [0.25, 0.3) is 0 Å². The highest BCUT2D eigenvalue weighted by molar-refractivity contribution is 5.84. The zero-order valence-corrected chi connectivity index (χ0v) is 16.2. The summed E-state index contributed by atoms with van der Waals surface area (Å²) >= 11 is 0. The van der Waals surface area contributed by atoms with Crippen LogP contribution in [0.15, 0.2) is 27.5 Å². The van der Waals surface area contributed by atoms with Gasteiger partial charge >= 0.3 is 0 Å². The molecule has 0 aromatic carbocycles. The summed E-state index contributed by atoms with van der Waals surface area (Å²) in [5.74, 6) is 4.14. The summed E-state index contributed by atoms with van der Waals surface area (Å²) in [7, 11) is 0. The summed E-state index contributed by atoms with van der Waals surface area (Å²) in [6.07, 6.45) is 0.815. The van der Waals surface area contributed by atoms with E-state index in [0.29, 0.717) is 41.3 Å². The van der Waals surface area contributed by atoms with E-state index >= 15 is 0 Å². The fourth-order valence-electron chi connectivity index (χ4n) is 4.68. The molecule has 0 saturated heterocycles. The van der Waals surface area contributed by atoms with Gasteiger partial charge in [-0.15, -0.1) is 0 Å². The Kier molecular flexibility index (Phi) is 5.27. The van der Waals surface area contributed by atoms with Crippen molar-refractivity contribution in [3.05, 3.63) is 22.4 Å². The summed E-state index contributed by atoms with van der Waals surface area (Å²) < 4.78 is 0. The number of allylic oxidation sites excluding steroid dienone is 2. The average molecular weight is 318 g/mol. The smallest absolute Gasteiger partial charge is 0.124 e. The van der Waals surface area contributed by atoms with Gasteiger partial charge in [0, 0.05) is 6.42 Å². The molecule has 0 fully saturated rings. The van der Waals surface area contributed by atoms with Crippen LogP contribution in [0.2, 0.25) is 0 Å². The van der Waals surface area contributed by atoms with Crippen LogP contribution in [-0.2, 0) is 0 Å². The Balaban J connectivity index is 2.72. The number of hydrogen-bond donors (Lipinski definition) is 2. The van der Waals surface area contributed by atoms with Crippen molar-refractivity contribution in [1.82, 2.24) is 5.43 Å². The lowest BCUT2D eigenvalue weighted by atomic mass is 9.61. The second-order valence-corrected chi connectivity index (χ2v) is 8.51. The second kappa shape index (κ2) is 6.70. The highest BCUT2D eigenvalue weighted by Gasteiger charge is 2.42. The number of nitrogens with two attached hydrogens (primary N) is 1. The lowest BCUT2D eigenvalue weighted by molar-refractivity contribution is 0.239.